The number of carbonyl (C=O) groups is 2. The molecule has 0 saturated carbocycles. The van der Waals surface area contributed by atoms with E-state index in [4.69, 9.17) is 4.99 Å². The first-order valence-corrected chi connectivity index (χ1v) is 17.2. The number of aryl methyl sites for hydroxylation is 1. The van der Waals surface area contributed by atoms with Crippen molar-refractivity contribution in [1.29, 1.82) is 0 Å². The van der Waals surface area contributed by atoms with E-state index in [9.17, 15) is 19.8 Å². The summed E-state index contributed by atoms with van der Waals surface area (Å²) in [6.45, 7) is 8.62. The molecule has 8 heteroatoms. The van der Waals surface area contributed by atoms with Crippen molar-refractivity contribution in [3.8, 4) is 0 Å². The third-order valence-corrected chi connectivity index (χ3v) is 9.37. The zero-order valence-electron chi connectivity index (χ0n) is 28.4. The highest BCUT2D eigenvalue weighted by molar-refractivity contribution is 6.12. The van der Waals surface area contributed by atoms with E-state index in [0.717, 1.165) is 67.7 Å². The molecule has 2 aliphatic carbocycles. The van der Waals surface area contributed by atoms with Crippen molar-refractivity contribution >= 4 is 34.5 Å². The third kappa shape index (κ3) is 7.15. The molecule has 0 aromatic heterocycles. The second-order valence-electron chi connectivity index (χ2n) is 12.9. The van der Waals surface area contributed by atoms with Crippen LogP contribution in [0, 0.1) is 6.92 Å². The average molecular weight is 657 g/mol. The van der Waals surface area contributed by atoms with Gasteiger partial charge < -0.3 is 25.7 Å². The van der Waals surface area contributed by atoms with E-state index >= 15 is 0 Å². The van der Waals surface area contributed by atoms with Crippen molar-refractivity contribution in [1.82, 2.24) is 5.32 Å². The molecule has 0 spiro atoms. The van der Waals surface area contributed by atoms with Gasteiger partial charge in [-0.15, -0.1) is 0 Å². The molecule has 8 nitrogen and oxygen atoms in total. The Hall–Kier alpha value is -5.21. The number of anilines is 2. The molecule has 2 amide bonds. The van der Waals surface area contributed by atoms with Crippen molar-refractivity contribution in [2.24, 2.45) is 4.99 Å². The van der Waals surface area contributed by atoms with Crippen molar-refractivity contribution in [2.45, 2.75) is 59.0 Å². The molecule has 3 aromatic rings. The Bertz CT molecular complexity index is 1900. The number of rotatable bonds is 10. The minimum absolute atomic E-state index is 0.0849. The second-order valence-corrected chi connectivity index (χ2v) is 12.9. The number of benzene rings is 3. The maximum absolute atomic E-state index is 13.4. The Balaban J connectivity index is 1.42. The molecule has 1 saturated heterocycles. The SMILES string of the molecule is CCCCCN=C1C=C(NC(=O)c2ccccc2)/C(=C2/C(O)=C(c3cc(C)c(N4CCCC4)cc3NC(=O)c3ccccc3)C2O)C=C1C. The van der Waals surface area contributed by atoms with Crippen LogP contribution in [0.1, 0.15) is 77.8 Å². The number of nitrogens with one attached hydrogen (secondary N) is 2. The molecule has 49 heavy (non-hydrogen) atoms. The maximum Gasteiger partial charge on any atom is 0.255 e. The molecular formula is C41H44N4O4. The number of aliphatic imine (C=N–C) groups is 1. The summed E-state index contributed by atoms with van der Waals surface area (Å²) in [5, 5.41) is 29.6. The summed E-state index contributed by atoms with van der Waals surface area (Å²) in [6.07, 6.45) is 7.85. The van der Waals surface area contributed by atoms with Crippen LogP contribution >= 0.6 is 0 Å². The van der Waals surface area contributed by atoms with Crippen molar-refractivity contribution in [3.05, 3.63) is 135 Å². The van der Waals surface area contributed by atoms with Gasteiger partial charge in [0.1, 0.15) is 11.9 Å². The van der Waals surface area contributed by atoms with E-state index in [1.807, 2.05) is 62.4 Å². The largest absolute Gasteiger partial charge is 0.507 e. The van der Waals surface area contributed by atoms with Gasteiger partial charge in [-0.3, -0.25) is 14.6 Å². The van der Waals surface area contributed by atoms with Gasteiger partial charge in [0.15, 0.2) is 0 Å². The van der Waals surface area contributed by atoms with Crippen LogP contribution in [0.5, 0.6) is 0 Å². The second kappa shape index (κ2) is 14.9. The van der Waals surface area contributed by atoms with E-state index in [2.05, 4.69) is 22.5 Å². The lowest BCUT2D eigenvalue weighted by Gasteiger charge is -2.34. The molecule has 3 aromatic carbocycles. The summed E-state index contributed by atoms with van der Waals surface area (Å²) in [7, 11) is 0. The lowest BCUT2D eigenvalue weighted by atomic mass is 9.76. The average Bonchev–Trinajstić information content (AvgIpc) is 3.65. The zero-order valence-corrected chi connectivity index (χ0v) is 28.4. The quantitative estimate of drug-likeness (QED) is 0.167. The molecule has 1 heterocycles. The summed E-state index contributed by atoms with van der Waals surface area (Å²) in [5.41, 5.74) is 7.26. The lowest BCUT2D eigenvalue weighted by molar-refractivity contribution is 0.0965. The summed E-state index contributed by atoms with van der Waals surface area (Å²) in [6, 6.07) is 21.8. The summed E-state index contributed by atoms with van der Waals surface area (Å²) >= 11 is 0. The van der Waals surface area contributed by atoms with Crippen LogP contribution in [0.4, 0.5) is 11.4 Å². The smallest absolute Gasteiger partial charge is 0.255 e. The topological polar surface area (TPSA) is 114 Å². The Morgan fingerprint density at radius 2 is 1.49 bits per heavy atom. The molecule has 1 unspecified atom stereocenters. The van der Waals surface area contributed by atoms with Gasteiger partial charge in [-0.25, -0.2) is 0 Å². The highest BCUT2D eigenvalue weighted by Crippen LogP contribution is 2.47. The van der Waals surface area contributed by atoms with Crippen molar-refractivity contribution in [2.75, 3.05) is 29.9 Å². The lowest BCUT2D eigenvalue weighted by Crippen LogP contribution is -2.33. The fraction of sp³-hybridized carbons (Fsp3) is 0.293. The van der Waals surface area contributed by atoms with Gasteiger partial charge >= 0.3 is 0 Å². The predicted molar refractivity (Wildman–Crippen MR) is 197 cm³/mol. The molecule has 1 atom stereocenters. The number of hydrogen-bond acceptors (Lipinski definition) is 6. The van der Waals surface area contributed by atoms with Crippen LogP contribution in [0.15, 0.2) is 118 Å². The molecule has 1 aliphatic heterocycles. The first-order valence-electron chi connectivity index (χ1n) is 17.2. The van der Waals surface area contributed by atoms with Crippen molar-refractivity contribution in [3.63, 3.8) is 0 Å². The number of allylic oxidation sites excluding steroid dienone is 3. The minimum atomic E-state index is -1.18. The van der Waals surface area contributed by atoms with Crippen LogP contribution in [0.3, 0.4) is 0 Å². The number of unbranched alkanes of at least 4 members (excludes halogenated alkanes) is 2. The first-order chi connectivity index (χ1) is 23.8. The number of carbonyl (C=O) groups excluding carboxylic acids is 2. The first kappa shape index (κ1) is 33.7. The Morgan fingerprint density at radius 3 is 2.10 bits per heavy atom. The molecule has 0 bridgehead atoms. The van der Waals surface area contributed by atoms with Gasteiger partial charge in [0.25, 0.3) is 11.8 Å². The Labute approximate surface area is 288 Å². The van der Waals surface area contributed by atoms with E-state index in [0.29, 0.717) is 51.3 Å². The highest BCUT2D eigenvalue weighted by Gasteiger charge is 2.40. The monoisotopic (exact) mass is 656 g/mol. The fourth-order valence-electron chi connectivity index (χ4n) is 6.66. The number of aliphatic hydroxyl groups excluding tert-OH is 2. The van der Waals surface area contributed by atoms with Gasteiger partial charge in [-0.1, -0.05) is 56.2 Å². The van der Waals surface area contributed by atoms with Gasteiger partial charge in [0, 0.05) is 58.7 Å². The molecule has 3 aliphatic rings. The molecular weight excluding hydrogens is 612 g/mol. The molecule has 252 valence electrons. The number of amides is 2. The van der Waals surface area contributed by atoms with Gasteiger partial charge in [0.2, 0.25) is 0 Å². The van der Waals surface area contributed by atoms with Crippen LogP contribution in [0.25, 0.3) is 5.57 Å². The molecule has 6 rings (SSSR count). The van der Waals surface area contributed by atoms with E-state index in [-0.39, 0.29) is 17.6 Å². The summed E-state index contributed by atoms with van der Waals surface area (Å²) in [5.74, 6) is -0.672. The number of nitrogens with zero attached hydrogens (tertiary/aromatic N) is 2. The van der Waals surface area contributed by atoms with Gasteiger partial charge in [-0.2, -0.15) is 0 Å². The number of aliphatic hydroxyl groups is 2. The minimum Gasteiger partial charge on any atom is -0.507 e. The predicted octanol–water partition coefficient (Wildman–Crippen LogP) is 7.69. The van der Waals surface area contributed by atoms with E-state index < -0.39 is 6.10 Å². The van der Waals surface area contributed by atoms with E-state index in [1.54, 1.807) is 36.4 Å². The molecule has 4 N–H and O–H groups in total. The maximum atomic E-state index is 13.4. The van der Waals surface area contributed by atoms with Gasteiger partial charge in [-0.05, 0) is 92.8 Å². The normalized spacial score (nSPS) is 19.8. The molecule has 1 fully saturated rings. The zero-order chi connectivity index (χ0) is 34.5. The van der Waals surface area contributed by atoms with Crippen molar-refractivity contribution < 1.29 is 19.8 Å². The Kier molecular flexibility index (Phi) is 10.3. The molecule has 0 radical (unpaired) electrons. The standard InChI is InChI=1S/C41H44N4O4/c1-4-5-12-19-42-32-24-33(43-40(48)28-15-8-6-9-16-28)30(22-26(32)2)36-38(46)37(39(36)47)31-23-27(3)35(45-20-13-14-21-45)25-34(31)44-41(49)29-17-10-7-11-18-29/h6-11,15-18,22-25,38,46-47H,4-5,12-14,19-21H2,1-3H3,(H,43,48)(H,44,49)/b36-30+,42-32?. The highest BCUT2D eigenvalue weighted by atomic mass is 16.3. The van der Waals surface area contributed by atoms with Crippen LogP contribution in [-0.2, 0) is 0 Å². The Morgan fingerprint density at radius 1 is 0.857 bits per heavy atom. The van der Waals surface area contributed by atoms with Crippen LogP contribution in [-0.4, -0.2) is 53.5 Å². The van der Waals surface area contributed by atoms with E-state index in [1.165, 1.54) is 0 Å². The fourth-order valence-corrected chi connectivity index (χ4v) is 6.66. The number of hydrogen-bond donors (Lipinski definition) is 4. The summed E-state index contributed by atoms with van der Waals surface area (Å²) in [4.78, 5) is 33.8. The van der Waals surface area contributed by atoms with Crippen LogP contribution < -0.4 is 15.5 Å². The van der Waals surface area contributed by atoms with Gasteiger partial charge in [0.05, 0.1) is 17.1 Å². The summed E-state index contributed by atoms with van der Waals surface area (Å²) < 4.78 is 0. The van der Waals surface area contributed by atoms with Crippen LogP contribution in [0.2, 0.25) is 0 Å². The third-order valence-electron chi connectivity index (χ3n) is 9.37.